The Kier molecular flexibility index (Phi) is 12.4. The highest BCUT2D eigenvalue weighted by Gasteiger charge is 2.50. The van der Waals surface area contributed by atoms with E-state index in [9.17, 15) is 28.4 Å². The first-order valence-corrected chi connectivity index (χ1v) is 25.6. The number of hydrogen-bond donors (Lipinski definition) is 4. The number of anilines is 2. The summed E-state index contributed by atoms with van der Waals surface area (Å²) in [5.41, 5.74) is 3.40. The highest BCUT2D eigenvalue weighted by atomic mass is 32.2. The van der Waals surface area contributed by atoms with Crippen molar-refractivity contribution in [2.24, 2.45) is 11.3 Å². The molecule has 2 aliphatic carbocycles. The Morgan fingerprint density at radius 3 is 2.59 bits per heavy atom. The summed E-state index contributed by atoms with van der Waals surface area (Å²) < 4.78 is 48.7. The summed E-state index contributed by atoms with van der Waals surface area (Å²) in [5, 5.41) is 26.7. The quantitative estimate of drug-likeness (QED) is 0.0683. The van der Waals surface area contributed by atoms with Crippen LogP contribution in [0.15, 0.2) is 84.0 Å². The zero-order valence-electron chi connectivity index (χ0n) is 38.9. The van der Waals surface area contributed by atoms with Crippen LogP contribution < -0.4 is 24.4 Å². The number of nitrogens with one attached hydrogen (secondary N) is 3. The number of nitro groups is 1. The van der Waals surface area contributed by atoms with Gasteiger partial charge < -0.3 is 34.5 Å². The number of carbonyl (C=O) groups is 1. The monoisotopic (exact) mass is 947 g/mol. The van der Waals surface area contributed by atoms with Gasteiger partial charge in [0.2, 0.25) is 5.75 Å². The summed E-state index contributed by atoms with van der Waals surface area (Å²) in [7, 11) is -4.65. The van der Waals surface area contributed by atoms with Crippen molar-refractivity contribution in [3.05, 3.63) is 106 Å². The van der Waals surface area contributed by atoms with E-state index >= 15 is 0 Å². The summed E-state index contributed by atoms with van der Waals surface area (Å²) in [5.74, 6) is 0.194. The second-order valence-electron chi connectivity index (χ2n) is 20.3. The Balaban J connectivity index is 0.847. The van der Waals surface area contributed by atoms with Crippen LogP contribution in [0.2, 0.25) is 0 Å². The summed E-state index contributed by atoms with van der Waals surface area (Å²) in [6, 6.07) is 20.5. The molecule has 4 fully saturated rings. The largest absolute Gasteiger partial charge is 0.480 e. The number of benzene rings is 3. The lowest BCUT2D eigenvalue weighted by molar-refractivity contribution is -0.386. The summed E-state index contributed by atoms with van der Waals surface area (Å²) in [4.78, 5) is 37.9. The number of nitro benzene ring substituents is 1. The molecule has 2 saturated heterocycles. The van der Waals surface area contributed by atoms with E-state index in [1.165, 1.54) is 23.4 Å². The van der Waals surface area contributed by atoms with Crippen molar-refractivity contribution in [2.45, 2.75) is 113 Å². The Morgan fingerprint density at radius 1 is 1.04 bits per heavy atom. The number of amides is 1. The van der Waals surface area contributed by atoms with Gasteiger partial charge in [0, 0.05) is 55.1 Å². The maximum Gasteiger partial charge on any atom is 0.314 e. The van der Waals surface area contributed by atoms with Gasteiger partial charge in [-0.2, -0.15) is 0 Å². The molecule has 2 atom stereocenters. The van der Waals surface area contributed by atoms with Gasteiger partial charge in [-0.05, 0) is 123 Å². The molecule has 10 rings (SSSR count). The molecule has 5 aliphatic rings. The van der Waals surface area contributed by atoms with E-state index in [0.717, 1.165) is 81.9 Å². The first-order chi connectivity index (χ1) is 32.6. The second kappa shape index (κ2) is 18.3. The predicted molar refractivity (Wildman–Crippen MR) is 258 cm³/mol. The van der Waals surface area contributed by atoms with Crippen LogP contribution in [0.4, 0.5) is 17.1 Å². The summed E-state index contributed by atoms with van der Waals surface area (Å²) in [6.07, 6.45) is 10.9. The van der Waals surface area contributed by atoms with Crippen molar-refractivity contribution in [1.29, 1.82) is 0 Å². The number of aliphatic hydroxyl groups is 1. The van der Waals surface area contributed by atoms with Crippen molar-refractivity contribution < 1.29 is 37.5 Å². The Morgan fingerprint density at radius 2 is 1.82 bits per heavy atom. The Hall–Kier alpha value is -5.75. The number of carbonyl (C=O) groups excluding carboxylic acids is 1. The molecule has 17 heteroatoms. The number of piperidine rings is 1. The number of aromatic amines is 1. The fraction of sp³-hybridized carbons (Fsp3) is 0.490. The van der Waals surface area contributed by atoms with Crippen molar-refractivity contribution >= 4 is 44.0 Å². The van der Waals surface area contributed by atoms with Crippen LogP contribution in [-0.2, 0) is 14.8 Å². The third-order valence-corrected chi connectivity index (χ3v) is 16.6. The lowest BCUT2D eigenvalue weighted by Gasteiger charge is -2.57. The molecule has 0 unspecified atom stereocenters. The van der Waals surface area contributed by atoms with Gasteiger partial charge in [0.1, 0.15) is 23.3 Å². The number of rotatable bonds is 12. The number of pyridine rings is 1. The van der Waals surface area contributed by atoms with Gasteiger partial charge in [0.25, 0.3) is 15.9 Å². The molecule has 1 spiro atoms. The van der Waals surface area contributed by atoms with Crippen molar-refractivity contribution in [2.75, 3.05) is 49.6 Å². The average Bonchev–Trinajstić information content (AvgIpc) is 3.79. The Labute approximate surface area is 397 Å². The fourth-order valence-electron chi connectivity index (χ4n) is 11.4. The predicted octanol–water partition coefficient (Wildman–Crippen LogP) is 8.83. The van der Waals surface area contributed by atoms with E-state index in [-0.39, 0.29) is 46.2 Å². The molecule has 360 valence electrons. The molecular weight excluding hydrogens is 887 g/mol. The summed E-state index contributed by atoms with van der Waals surface area (Å²) >= 11 is 0. The van der Waals surface area contributed by atoms with Crippen LogP contribution in [0.5, 0.6) is 17.2 Å². The lowest BCUT2D eigenvalue weighted by atomic mass is 9.59. The van der Waals surface area contributed by atoms with Gasteiger partial charge in [-0.15, -0.1) is 0 Å². The molecule has 4 N–H and O–H groups in total. The maximum absolute atomic E-state index is 14.1. The molecule has 5 heterocycles. The molecular formula is C51H61N7O9S. The Bertz CT molecular complexity index is 2810. The number of morpholine rings is 1. The highest BCUT2D eigenvalue weighted by molar-refractivity contribution is 7.90. The molecule has 3 aromatic carbocycles. The number of aromatic nitrogens is 2. The van der Waals surface area contributed by atoms with Gasteiger partial charge in [-0.25, -0.2) is 18.1 Å². The summed E-state index contributed by atoms with van der Waals surface area (Å²) in [6.45, 7) is 10.7. The molecule has 2 saturated carbocycles. The molecule has 3 aliphatic heterocycles. The number of hydrogen-bond acceptors (Lipinski definition) is 13. The van der Waals surface area contributed by atoms with Crippen molar-refractivity contribution in [3.63, 3.8) is 0 Å². The van der Waals surface area contributed by atoms with Gasteiger partial charge in [0.05, 0.1) is 58.7 Å². The lowest BCUT2D eigenvalue weighted by Crippen LogP contribution is -2.58. The van der Waals surface area contributed by atoms with Gasteiger partial charge >= 0.3 is 5.69 Å². The molecule has 68 heavy (non-hydrogen) atoms. The smallest absolute Gasteiger partial charge is 0.314 e. The van der Waals surface area contributed by atoms with Crippen LogP contribution in [0.3, 0.4) is 0 Å². The molecule has 0 bridgehead atoms. The number of fused-ring (bicyclic) bond motifs is 2. The maximum atomic E-state index is 14.1. The first-order valence-electron chi connectivity index (χ1n) is 24.1. The van der Waals surface area contributed by atoms with E-state index < -0.39 is 37.0 Å². The van der Waals surface area contributed by atoms with Crippen molar-refractivity contribution in [3.8, 4) is 17.2 Å². The number of ether oxygens (including phenoxy) is 3. The van der Waals surface area contributed by atoms with Crippen LogP contribution in [0.1, 0.15) is 112 Å². The molecule has 2 aromatic heterocycles. The van der Waals surface area contributed by atoms with Gasteiger partial charge in [0.15, 0.2) is 0 Å². The van der Waals surface area contributed by atoms with Gasteiger partial charge in [-0.1, -0.05) is 38.1 Å². The SMILES string of the molecule is CC(C)c1ccccc1[C@H]1COCCN1C1CC2(CCN(c3ccc(C(=O)NS(=O)(=O)c4cc5c(c([N+](=O)[O-])c4)O[C@@H](C[C@H]4CC[C@](C)(O)CC4)CN5)c(Oc4cnc5[nH]ccc5c4)c3)CC2)C1. The van der Waals surface area contributed by atoms with E-state index in [4.69, 9.17) is 14.2 Å². The normalized spacial score (nSPS) is 24.2. The minimum Gasteiger partial charge on any atom is -0.480 e. The zero-order chi connectivity index (χ0) is 47.4. The first kappa shape index (κ1) is 46.0. The number of nitrogens with zero attached hydrogens (tertiary/aromatic N) is 4. The van der Waals surface area contributed by atoms with Crippen LogP contribution in [0, 0.1) is 21.4 Å². The third kappa shape index (κ3) is 9.37. The van der Waals surface area contributed by atoms with E-state index in [1.807, 2.05) is 19.1 Å². The zero-order valence-corrected chi connectivity index (χ0v) is 39.7. The molecule has 5 aromatic rings. The van der Waals surface area contributed by atoms with Crippen LogP contribution >= 0.6 is 0 Å². The number of H-pyrrole nitrogens is 1. The number of sulfonamides is 1. The van der Waals surface area contributed by atoms with E-state index in [0.29, 0.717) is 55.8 Å². The average molecular weight is 948 g/mol. The van der Waals surface area contributed by atoms with Crippen LogP contribution in [-0.4, -0.2) is 96.4 Å². The van der Waals surface area contributed by atoms with Crippen LogP contribution in [0.25, 0.3) is 11.0 Å². The molecule has 16 nitrogen and oxygen atoms in total. The minimum atomic E-state index is -4.65. The minimum absolute atomic E-state index is 0.0399. The molecule has 0 radical (unpaired) electrons. The van der Waals surface area contributed by atoms with Crippen molar-refractivity contribution in [1.82, 2.24) is 19.6 Å². The van der Waals surface area contributed by atoms with E-state index in [1.54, 1.807) is 24.4 Å². The highest BCUT2D eigenvalue weighted by Crippen LogP contribution is 2.53. The topological polar surface area (TPSA) is 201 Å². The van der Waals surface area contributed by atoms with Gasteiger partial charge in [-0.3, -0.25) is 19.8 Å². The third-order valence-electron chi connectivity index (χ3n) is 15.3. The fourth-order valence-corrected chi connectivity index (χ4v) is 12.4. The standard InChI is InChI=1S/C51H61N7O9S/c1-32(2)40-6-4-5-7-41(40)45-31-65-21-20-57(45)36-27-51(28-36)15-18-56(19-16-51)35-8-9-42(46(24-35)66-38-23-34-12-17-52-48(34)54-30-38)49(59)55-68(63,64)39-25-43-47(44(26-39)58(61)62)67-37(29-53-43)22-33-10-13-50(3,60)14-11-33/h4-9,12,17,23-26,30,32-33,36-37,45,53,60H,10-11,13-16,18-22,27-29,31H2,1-3H3,(H,52,54)(H,55,59)/t33-,37-,45+,50-/m0/s1. The second-order valence-corrected chi connectivity index (χ2v) is 22.0. The molecule has 1 amide bonds. The van der Waals surface area contributed by atoms with E-state index in [2.05, 4.69) is 67.9 Å².